The molecule has 1 saturated carbocycles. The van der Waals surface area contributed by atoms with Crippen molar-refractivity contribution in [2.75, 3.05) is 5.49 Å². The molecule has 1 rings (SSSR count). The smallest absolute Gasteiger partial charge is 0.340 e. The van der Waals surface area contributed by atoms with Crippen LogP contribution in [0.25, 0.3) is 0 Å². The van der Waals surface area contributed by atoms with E-state index in [0.717, 1.165) is 6.42 Å². The zero-order valence-electron chi connectivity index (χ0n) is 13.8. The van der Waals surface area contributed by atoms with Gasteiger partial charge in [0, 0.05) is 0 Å². The minimum absolute atomic E-state index is 0.0784. The Bertz CT molecular complexity index is 395. The lowest BCUT2D eigenvalue weighted by atomic mass is 9.65. The van der Waals surface area contributed by atoms with E-state index in [0.29, 0.717) is 12.3 Å². The Morgan fingerprint density at radius 3 is 2.32 bits per heavy atom. The van der Waals surface area contributed by atoms with Crippen LogP contribution < -0.4 is 0 Å². The van der Waals surface area contributed by atoms with Gasteiger partial charge >= 0.3 is 7.60 Å². The van der Waals surface area contributed by atoms with Crippen LogP contribution in [0.3, 0.4) is 0 Å². The molecule has 128 valence electrons. The summed E-state index contributed by atoms with van der Waals surface area (Å²) in [5, 5.41) is 20.3. The predicted molar refractivity (Wildman–Crippen MR) is 91.6 cm³/mol. The van der Waals surface area contributed by atoms with Crippen molar-refractivity contribution in [1.82, 2.24) is 0 Å². The first-order chi connectivity index (χ1) is 10.1. The Balaban J connectivity index is 2.95. The van der Waals surface area contributed by atoms with Gasteiger partial charge in [-0.05, 0) is 37.9 Å². The number of hydrogen-bond acceptors (Lipinski definition) is 6. The van der Waals surface area contributed by atoms with E-state index in [9.17, 15) is 14.8 Å². The van der Waals surface area contributed by atoms with E-state index >= 15 is 0 Å². The molecule has 0 aromatic heterocycles. The standard InChI is InChI=1S/C14H28BO5PS/c1-8(2)5-10-6-11(15)12(16)13(17)14(10)20-21(18,7-22)19-9(3)4/h8-14,16-17,22H,5-7H2,1-4H3. The largest absolute Gasteiger partial charge is 0.391 e. The van der Waals surface area contributed by atoms with Gasteiger partial charge in [0.25, 0.3) is 0 Å². The van der Waals surface area contributed by atoms with Crippen molar-refractivity contribution in [3.8, 4) is 0 Å². The molecule has 0 aromatic carbocycles. The molecule has 1 fully saturated rings. The van der Waals surface area contributed by atoms with Crippen LogP contribution in [0, 0.1) is 11.8 Å². The van der Waals surface area contributed by atoms with E-state index < -0.39 is 31.7 Å². The average Bonchev–Trinajstić information content (AvgIpc) is 2.39. The maximum absolute atomic E-state index is 12.7. The highest BCUT2D eigenvalue weighted by Gasteiger charge is 2.45. The summed E-state index contributed by atoms with van der Waals surface area (Å²) in [4.78, 5) is 0. The van der Waals surface area contributed by atoms with E-state index in [1.54, 1.807) is 13.8 Å². The van der Waals surface area contributed by atoms with Gasteiger partial charge in [-0.1, -0.05) is 20.3 Å². The first kappa shape index (κ1) is 20.5. The van der Waals surface area contributed by atoms with Gasteiger partial charge in [0.1, 0.15) is 6.10 Å². The fraction of sp³-hybridized carbons (Fsp3) is 1.00. The zero-order valence-corrected chi connectivity index (χ0v) is 15.5. The number of rotatable bonds is 7. The first-order valence-electron chi connectivity index (χ1n) is 7.78. The van der Waals surface area contributed by atoms with Gasteiger partial charge < -0.3 is 19.3 Å². The van der Waals surface area contributed by atoms with Crippen molar-refractivity contribution >= 4 is 28.1 Å². The lowest BCUT2D eigenvalue weighted by molar-refractivity contribution is -0.105. The minimum atomic E-state index is -3.44. The molecule has 0 amide bonds. The number of aliphatic hydroxyl groups is 2. The molecule has 2 radical (unpaired) electrons. The second-order valence-corrected chi connectivity index (χ2v) is 9.52. The van der Waals surface area contributed by atoms with Crippen molar-refractivity contribution in [3.05, 3.63) is 0 Å². The molecule has 0 saturated heterocycles. The monoisotopic (exact) mass is 350 g/mol. The van der Waals surface area contributed by atoms with Crippen molar-refractivity contribution in [2.24, 2.45) is 11.8 Å². The Labute approximate surface area is 140 Å². The Kier molecular flexibility index (Phi) is 7.97. The maximum Gasteiger partial charge on any atom is 0.340 e. The normalized spacial score (nSPS) is 35.8. The van der Waals surface area contributed by atoms with Gasteiger partial charge in [-0.25, -0.2) is 0 Å². The zero-order chi connectivity index (χ0) is 17.1. The summed E-state index contributed by atoms with van der Waals surface area (Å²) in [6, 6.07) is 0. The molecule has 0 aromatic rings. The average molecular weight is 350 g/mol. The van der Waals surface area contributed by atoms with Crippen molar-refractivity contribution in [3.63, 3.8) is 0 Å². The van der Waals surface area contributed by atoms with E-state index in [2.05, 4.69) is 26.5 Å². The molecule has 1 aliphatic carbocycles. The summed E-state index contributed by atoms with van der Waals surface area (Å²) in [6.45, 7) is 7.63. The summed E-state index contributed by atoms with van der Waals surface area (Å²) in [5.74, 6) is -0.232. The number of aliphatic hydroxyl groups excluding tert-OH is 2. The molecular weight excluding hydrogens is 322 g/mol. The Hall–Kier alpha value is 0.485. The lowest BCUT2D eigenvalue weighted by Crippen LogP contribution is -2.50. The van der Waals surface area contributed by atoms with E-state index in [1.165, 1.54) is 0 Å². The fourth-order valence-corrected chi connectivity index (χ4v) is 4.83. The summed E-state index contributed by atoms with van der Waals surface area (Å²) in [7, 11) is 2.46. The van der Waals surface area contributed by atoms with Crippen LogP contribution in [0.5, 0.6) is 0 Å². The Morgan fingerprint density at radius 1 is 1.27 bits per heavy atom. The number of hydrogen-bond donors (Lipinski definition) is 3. The van der Waals surface area contributed by atoms with Gasteiger partial charge in [0.15, 0.2) is 0 Å². The summed E-state index contributed by atoms with van der Waals surface area (Å²) >= 11 is 4.06. The second kappa shape index (κ2) is 8.54. The van der Waals surface area contributed by atoms with Crippen molar-refractivity contribution < 1.29 is 23.8 Å². The van der Waals surface area contributed by atoms with Gasteiger partial charge in [-0.15, -0.1) is 0 Å². The summed E-state index contributed by atoms with van der Waals surface area (Å²) in [5.41, 5.74) is -0.0784. The van der Waals surface area contributed by atoms with Crippen LogP contribution in [0.15, 0.2) is 0 Å². The first-order valence-corrected chi connectivity index (χ1v) is 10.1. The van der Waals surface area contributed by atoms with Gasteiger partial charge in [0.05, 0.1) is 31.7 Å². The predicted octanol–water partition coefficient (Wildman–Crippen LogP) is 2.62. The van der Waals surface area contributed by atoms with Gasteiger partial charge in [0.2, 0.25) is 0 Å². The van der Waals surface area contributed by atoms with Crippen LogP contribution in [0.2, 0.25) is 5.82 Å². The molecule has 22 heavy (non-hydrogen) atoms. The minimum Gasteiger partial charge on any atom is -0.391 e. The van der Waals surface area contributed by atoms with Crippen molar-refractivity contribution in [1.29, 1.82) is 0 Å². The van der Waals surface area contributed by atoms with Crippen LogP contribution in [-0.2, 0) is 13.6 Å². The SMILES string of the molecule is [B]C1CC(CC(C)C)C(OP(=O)(CS)OC(C)C)C(O)C1O. The van der Waals surface area contributed by atoms with Crippen molar-refractivity contribution in [2.45, 2.75) is 70.8 Å². The molecule has 0 heterocycles. The molecule has 0 spiro atoms. The van der Waals surface area contributed by atoms with Crippen LogP contribution >= 0.6 is 20.2 Å². The summed E-state index contributed by atoms with van der Waals surface area (Å²) < 4.78 is 23.7. The van der Waals surface area contributed by atoms with E-state index in [-0.39, 0.29) is 17.5 Å². The highest BCUT2D eigenvalue weighted by molar-refractivity contribution is 7.88. The molecule has 0 aliphatic heterocycles. The third-order valence-corrected chi connectivity index (χ3v) is 6.46. The van der Waals surface area contributed by atoms with E-state index in [4.69, 9.17) is 16.9 Å². The highest BCUT2D eigenvalue weighted by atomic mass is 32.1. The van der Waals surface area contributed by atoms with Gasteiger partial charge in [-0.3, -0.25) is 4.57 Å². The van der Waals surface area contributed by atoms with Gasteiger partial charge in [-0.2, -0.15) is 12.6 Å². The quantitative estimate of drug-likeness (QED) is 0.374. The molecule has 2 N–H and O–H groups in total. The molecule has 5 nitrogen and oxygen atoms in total. The maximum atomic E-state index is 12.7. The molecule has 6 atom stereocenters. The fourth-order valence-electron chi connectivity index (χ4n) is 2.93. The summed E-state index contributed by atoms with van der Waals surface area (Å²) in [6.07, 6.45) is -2.06. The molecule has 1 aliphatic rings. The molecule has 6 unspecified atom stereocenters. The molecule has 0 bridgehead atoms. The van der Waals surface area contributed by atoms with Crippen LogP contribution in [-0.4, -0.2) is 48.0 Å². The highest BCUT2D eigenvalue weighted by Crippen LogP contribution is 2.54. The topological polar surface area (TPSA) is 76.0 Å². The van der Waals surface area contributed by atoms with Crippen LogP contribution in [0.4, 0.5) is 0 Å². The molecular formula is C14H28BO5PS. The second-order valence-electron chi connectivity index (χ2n) is 6.75. The van der Waals surface area contributed by atoms with Crippen LogP contribution in [0.1, 0.15) is 40.5 Å². The third kappa shape index (κ3) is 5.54. The molecule has 8 heteroatoms. The lowest BCUT2D eigenvalue weighted by Gasteiger charge is -2.43. The van der Waals surface area contributed by atoms with E-state index in [1.807, 2.05) is 0 Å². The number of thiol groups is 1. The third-order valence-electron chi connectivity index (χ3n) is 3.77. The Morgan fingerprint density at radius 2 is 1.86 bits per heavy atom.